The maximum Gasteiger partial charge on any atom is 0.161 e. The van der Waals surface area contributed by atoms with E-state index in [1.165, 1.54) is 12.3 Å². The van der Waals surface area contributed by atoms with Gasteiger partial charge in [0.15, 0.2) is 12.6 Å². The first-order valence-corrected chi connectivity index (χ1v) is 16.3. The Labute approximate surface area is 215 Å². The molecule has 0 saturated heterocycles. The van der Waals surface area contributed by atoms with Gasteiger partial charge in [-0.25, -0.2) is 0 Å². The van der Waals surface area contributed by atoms with Gasteiger partial charge >= 0.3 is 0 Å². The molecule has 2 atom stereocenters. The Hall–Kier alpha value is 0.620. The summed E-state index contributed by atoms with van der Waals surface area (Å²) in [7, 11) is 1.69. The monoisotopic (exact) mass is 525 g/mol. The zero-order valence-electron chi connectivity index (χ0n) is 23.7. The molecule has 0 saturated carbocycles. The lowest BCUT2D eigenvalue weighted by Gasteiger charge is -2.26. The number of nitrogens with zero attached hydrogens (tertiary/aromatic N) is 1. The van der Waals surface area contributed by atoms with Crippen LogP contribution in [0.5, 0.6) is 0 Å². The Morgan fingerprint density at radius 3 is 1.35 bits per heavy atom. The first kappa shape index (κ1) is 34.6. The fourth-order valence-electron chi connectivity index (χ4n) is 3.36. The van der Waals surface area contributed by atoms with Crippen LogP contribution < -0.4 is 0 Å². The second kappa shape index (κ2) is 22.8. The van der Waals surface area contributed by atoms with Gasteiger partial charge in [0.25, 0.3) is 0 Å². The molecule has 0 rings (SSSR count). The van der Waals surface area contributed by atoms with Crippen LogP contribution in [-0.4, -0.2) is 99.4 Å². The lowest BCUT2D eigenvalue weighted by Crippen LogP contribution is -2.31. The first-order chi connectivity index (χ1) is 16.1. The zero-order valence-corrected chi connectivity index (χ0v) is 25.7. The molecule has 0 heterocycles. The molecule has 0 fully saturated rings. The number of hydrogen-bond donors (Lipinski definition) is 0. The molecule has 6 nitrogen and oxygen atoms in total. The van der Waals surface area contributed by atoms with E-state index in [9.17, 15) is 0 Å². The van der Waals surface area contributed by atoms with Crippen molar-refractivity contribution < 1.29 is 23.7 Å². The molecular weight excluding hydrogens is 468 g/mol. The van der Waals surface area contributed by atoms with E-state index in [0.717, 1.165) is 75.2 Å². The predicted octanol–water partition coefficient (Wildman–Crippen LogP) is 5.81. The van der Waals surface area contributed by atoms with Crippen molar-refractivity contribution >= 4 is 17.2 Å². The molecule has 0 spiro atoms. The summed E-state index contributed by atoms with van der Waals surface area (Å²) in [5.74, 6) is 0. The second-order valence-corrected chi connectivity index (χ2v) is 12.6. The van der Waals surface area contributed by atoms with Crippen LogP contribution in [-0.2, 0) is 23.7 Å². The summed E-state index contributed by atoms with van der Waals surface area (Å²) in [6.07, 6.45) is 7.10. The van der Waals surface area contributed by atoms with E-state index in [2.05, 4.69) is 67.2 Å². The van der Waals surface area contributed by atoms with Crippen molar-refractivity contribution in [1.82, 2.24) is 4.90 Å². The molecule has 0 aliphatic rings. The summed E-state index contributed by atoms with van der Waals surface area (Å²) in [5.41, 5.74) is 0. The minimum atomic E-state index is -0.0884. The van der Waals surface area contributed by atoms with E-state index in [0.29, 0.717) is 0 Å². The van der Waals surface area contributed by atoms with Gasteiger partial charge in [-0.3, -0.25) is 0 Å². The molecule has 2 unspecified atom stereocenters. The zero-order chi connectivity index (χ0) is 25.8. The van der Waals surface area contributed by atoms with E-state index < -0.39 is 0 Å². The van der Waals surface area contributed by atoms with Crippen LogP contribution in [0.3, 0.4) is 0 Å². The van der Waals surface area contributed by atoms with Crippen molar-refractivity contribution in [3.05, 3.63) is 0 Å². The van der Waals surface area contributed by atoms with Crippen LogP contribution in [0.25, 0.3) is 0 Å². The average Bonchev–Trinajstić information content (AvgIpc) is 2.71. The molecule has 0 aromatic carbocycles. The fourth-order valence-corrected chi connectivity index (χ4v) is 5.57. The third-order valence-electron chi connectivity index (χ3n) is 4.64. The van der Waals surface area contributed by atoms with Crippen LogP contribution in [0.2, 0.25) is 0 Å². The van der Waals surface area contributed by atoms with Crippen LogP contribution in [0.4, 0.5) is 0 Å². The molecule has 0 aromatic rings. The van der Waals surface area contributed by atoms with Crippen molar-refractivity contribution in [1.29, 1.82) is 0 Å². The number of hydrogen-bond acceptors (Lipinski definition) is 6. The van der Waals surface area contributed by atoms with Gasteiger partial charge in [0, 0.05) is 45.2 Å². The number of rotatable bonds is 24. The molecule has 0 aliphatic carbocycles. The average molecular weight is 526 g/mol. The topological polar surface area (TPSA) is 49.4 Å². The molecule has 0 bridgehead atoms. The molecule has 0 N–H and O–H groups in total. The Kier molecular flexibility index (Phi) is 23.2. The first-order valence-electron chi connectivity index (χ1n) is 13.5. The minimum absolute atomic E-state index is 0.0884. The Morgan fingerprint density at radius 1 is 0.588 bits per heavy atom. The Morgan fingerprint density at radius 2 is 1.00 bits per heavy atom. The molecule has 0 radical (unpaired) electrons. The Bertz CT molecular complexity index is 389. The maximum absolute atomic E-state index is 5.96. The highest BCUT2D eigenvalue weighted by molar-refractivity contribution is 7.38. The van der Waals surface area contributed by atoms with Gasteiger partial charge in [0.05, 0.1) is 24.4 Å². The normalized spacial score (nSPS) is 13.4. The molecule has 0 aliphatic heterocycles. The lowest BCUT2D eigenvalue weighted by atomic mass is 10.4. The van der Waals surface area contributed by atoms with Gasteiger partial charge in [-0.2, -0.15) is 0 Å². The smallest absolute Gasteiger partial charge is 0.161 e. The van der Waals surface area contributed by atoms with Crippen molar-refractivity contribution in [2.24, 2.45) is 0 Å². The third-order valence-corrected chi connectivity index (χ3v) is 7.04. The summed E-state index contributed by atoms with van der Waals surface area (Å²) in [5, 5.41) is 0. The van der Waals surface area contributed by atoms with Gasteiger partial charge in [0.1, 0.15) is 0 Å². The van der Waals surface area contributed by atoms with Crippen molar-refractivity contribution in [2.75, 3.05) is 57.5 Å². The minimum Gasteiger partial charge on any atom is -0.381 e. The summed E-state index contributed by atoms with van der Waals surface area (Å²) in [6, 6.07) is 0. The molecule has 0 amide bonds. The van der Waals surface area contributed by atoms with Gasteiger partial charge in [-0.1, -0.05) is 6.92 Å². The summed E-state index contributed by atoms with van der Waals surface area (Å²) in [6.45, 7) is 23.8. The molecule has 0 aromatic heterocycles. The van der Waals surface area contributed by atoms with Gasteiger partial charge in [-0.15, -0.1) is 17.2 Å². The SMILES string of the molecule is CCCOCCCN(CCPCC(OC(C)C)OC(C)C)CCPCC(OC(C)C)OC(C)C. The largest absolute Gasteiger partial charge is 0.381 e. The van der Waals surface area contributed by atoms with Crippen molar-refractivity contribution in [2.45, 2.75) is 112 Å². The highest BCUT2D eigenvalue weighted by Gasteiger charge is 2.15. The maximum atomic E-state index is 5.96. The summed E-state index contributed by atoms with van der Waals surface area (Å²) in [4.78, 5) is 2.61. The third kappa shape index (κ3) is 23.0. The molecule has 8 heteroatoms. The van der Waals surface area contributed by atoms with E-state index in [1.807, 2.05) is 0 Å². The number of ether oxygens (including phenoxy) is 5. The van der Waals surface area contributed by atoms with Gasteiger partial charge in [-0.05, 0) is 80.6 Å². The molecule has 206 valence electrons. The van der Waals surface area contributed by atoms with Gasteiger partial charge in [0.2, 0.25) is 0 Å². The van der Waals surface area contributed by atoms with Crippen LogP contribution in [0.15, 0.2) is 0 Å². The predicted molar refractivity (Wildman–Crippen MR) is 151 cm³/mol. The van der Waals surface area contributed by atoms with Gasteiger partial charge < -0.3 is 28.6 Å². The highest BCUT2D eigenvalue weighted by Crippen LogP contribution is 2.19. The van der Waals surface area contributed by atoms with E-state index >= 15 is 0 Å². The standard InChI is InChI=1S/C26H57NO5P2/c1-10-15-28-16-11-12-27(13-17-33-19-25(29-21(2)3)30-22(4)5)14-18-34-20-26(31-23(6)7)32-24(8)9/h21-26,33-34H,10-20H2,1-9H3. The van der Waals surface area contributed by atoms with E-state index in [1.54, 1.807) is 0 Å². The van der Waals surface area contributed by atoms with E-state index in [4.69, 9.17) is 23.7 Å². The fraction of sp³-hybridized carbons (Fsp3) is 1.00. The van der Waals surface area contributed by atoms with Crippen LogP contribution in [0.1, 0.15) is 75.2 Å². The van der Waals surface area contributed by atoms with E-state index in [-0.39, 0.29) is 37.0 Å². The van der Waals surface area contributed by atoms with Crippen LogP contribution >= 0.6 is 17.2 Å². The highest BCUT2D eigenvalue weighted by atomic mass is 31.1. The Balaban J connectivity index is 4.49. The quantitative estimate of drug-likeness (QED) is 0.0900. The second-order valence-electron chi connectivity index (χ2n) is 9.81. The van der Waals surface area contributed by atoms with Crippen molar-refractivity contribution in [3.8, 4) is 0 Å². The van der Waals surface area contributed by atoms with Crippen molar-refractivity contribution in [3.63, 3.8) is 0 Å². The lowest BCUT2D eigenvalue weighted by molar-refractivity contribution is -0.167. The molecule has 34 heavy (non-hydrogen) atoms. The summed E-state index contributed by atoms with van der Waals surface area (Å²) >= 11 is 0. The summed E-state index contributed by atoms with van der Waals surface area (Å²) < 4.78 is 29.5. The van der Waals surface area contributed by atoms with Crippen LogP contribution in [0, 0.1) is 0 Å². The molecular formula is C26H57NO5P2.